The predicted octanol–water partition coefficient (Wildman–Crippen LogP) is 2.22. The Morgan fingerprint density at radius 1 is 1.38 bits per heavy atom. The summed E-state index contributed by atoms with van der Waals surface area (Å²) < 4.78 is 1.57. The molecule has 1 atom stereocenters. The molecule has 2 aromatic rings. The Bertz CT molecular complexity index is 840. The molecule has 2 heterocycles. The van der Waals surface area contributed by atoms with Gasteiger partial charge in [0.05, 0.1) is 11.7 Å². The van der Waals surface area contributed by atoms with Crippen LogP contribution >= 0.6 is 11.3 Å². The van der Waals surface area contributed by atoms with Crippen LogP contribution in [0.5, 0.6) is 0 Å². The fourth-order valence-corrected chi connectivity index (χ4v) is 4.86. The van der Waals surface area contributed by atoms with Crippen molar-refractivity contribution in [2.45, 2.75) is 65.0 Å². The highest BCUT2D eigenvalue weighted by atomic mass is 32.1. The maximum absolute atomic E-state index is 12.9. The third-order valence-corrected chi connectivity index (χ3v) is 6.13. The number of carbonyl (C=O) groups excluding carboxylic acids is 1. The number of nitrogens with two attached hydrogens (primary N) is 1. The van der Waals surface area contributed by atoms with Crippen LogP contribution in [0.25, 0.3) is 10.2 Å². The zero-order chi connectivity index (χ0) is 18.7. The Hall–Kier alpha value is -1.73. The van der Waals surface area contributed by atoms with Gasteiger partial charge in [-0.1, -0.05) is 13.8 Å². The minimum atomic E-state index is -0.0690. The summed E-state index contributed by atoms with van der Waals surface area (Å²) in [6.45, 7) is 4.99. The molecule has 3 N–H and O–H groups in total. The number of fused-ring (bicyclic) bond motifs is 3. The summed E-state index contributed by atoms with van der Waals surface area (Å²) in [5.41, 5.74) is 6.91. The zero-order valence-electron chi connectivity index (χ0n) is 15.6. The van der Waals surface area contributed by atoms with Crippen molar-refractivity contribution in [1.82, 2.24) is 14.9 Å². The monoisotopic (exact) mass is 376 g/mol. The molecule has 1 aliphatic rings. The summed E-state index contributed by atoms with van der Waals surface area (Å²) >= 11 is 1.65. The Balaban J connectivity index is 1.70. The molecule has 2 aromatic heterocycles. The summed E-state index contributed by atoms with van der Waals surface area (Å²) in [6.07, 6.45) is 7.02. The van der Waals surface area contributed by atoms with E-state index in [4.69, 9.17) is 5.73 Å². The van der Waals surface area contributed by atoms with E-state index in [9.17, 15) is 9.59 Å². The second-order valence-corrected chi connectivity index (χ2v) is 8.60. The molecular weight excluding hydrogens is 348 g/mol. The highest BCUT2D eigenvalue weighted by Crippen LogP contribution is 2.33. The van der Waals surface area contributed by atoms with Crippen LogP contribution in [0.4, 0.5) is 0 Å². The smallest absolute Gasteiger partial charge is 0.262 e. The van der Waals surface area contributed by atoms with Gasteiger partial charge in [0, 0.05) is 30.4 Å². The highest BCUT2D eigenvalue weighted by molar-refractivity contribution is 7.18. The van der Waals surface area contributed by atoms with Crippen LogP contribution < -0.4 is 16.6 Å². The Morgan fingerprint density at radius 2 is 2.15 bits per heavy atom. The molecule has 0 bridgehead atoms. The molecule has 0 saturated heterocycles. The van der Waals surface area contributed by atoms with Crippen LogP contribution in [0.15, 0.2) is 11.1 Å². The van der Waals surface area contributed by atoms with Gasteiger partial charge in [-0.05, 0) is 43.6 Å². The highest BCUT2D eigenvalue weighted by Gasteiger charge is 2.20. The summed E-state index contributed by atoms with van der Waals surface area (Å²) in [7, 11) is 0. The Kier molecular flexibility index (Phi) is 6.09. The zero-order valence-corrected chi connectivity index (χ0v) is 16.4. The molecule has 6 nitrogen and oxygen atoms in total. The van der Waals surface area contributed by atoms with Crippen LogP contribution in [-0.4, -0.2) is 28.0 Å². The fraction of sp³-hybridized carbons (Fsp3) is 0.632. The van der Waals surface area contributed by atoms with Gasteiger partial charge in [0.2, 0.25) is 5.91 Å². The standard InChI is InChI=1S/C19H28N4O2S/c1-12(2)9-13(10-20)22-16(24)7-8-23-11-21-18-17(19(23)25)14-5-3-4-6-15(14)26-18/h11-13H,3-10,20H2,1-2H3,(H,22,24). The summed E-state index contributed by atoms with van der Waals surface area (Å²) in [4.78, 5) is 31.7. The lowest BCUT2D eigenvalue weighted by atomic mass is 9.97. The molecule has 142 valence electrons. The number of nitrogens with one attached hydrogen (secondary N) is 1. The van der Waals surface area contributed by atoms with Gasteiger partial charge < -0.3 is 11.1 Å². The predicted molar refractivity (Wildman–Crippen MR) is 106 cm³/mol. The molecular formula is C19H28N4O2S. The molecule has 3 rings (SSSR count). The van der Waals surface area contributed by atoms with Crippen molar-refractivity contribution in [2.24, 2.45) is 11.7 Å². The molecule has 0 saturated carbocycles. The maximum Gasteiger partial charge on any atom is 0.262 e. The van der Waals surface area contributed by atoms with Gasteiger partial charge in [-0.3, -0.25) is 14.2 Å². The second kappa shape index (κ2) is 8.31. The summed E-state index contributed by atoms with van der Waals surface area (Å²) in [5.74, 6) is 0.406. The van der Waals surface area contributed by atoms with Gasteiger partial charge in [0.15, 0.2) is 0 Å². The Labute approximate surface area is 157 Å². The first kappa shape index (κ1) is 19.0. The van der Waals surface area contributed by atoms with Crippen LogP contribution in [0.2, 0.25) is 0 Å². The molecule has 0 fully saturated rings. The maximum atomic E-state index is 12.9. The number of nitrogens with zero attached hydrogens (tertiary/aromatic N) is 2. The van der Waals surface area contributed by atoms with Crippen molar-refractivity contribution in [3.8, 4) is 0 Å². The van der Waals surface area contributed by atoms with Crippen molar-refractivity contribution in [1.29, 1.82) is 0 Å². The SMILES string of the molecule is CC(C)CC(CN)NC(=O)CCn1cnc2sc3c(c2c1=O)CCCC3. The number of aryl methyl sites for hydroxylation is 3. The van der Waals surface area contributed by atoms with Gasteiger partial charge in [0.25, 0.3) is 5.56 Å². The number of hydrogen-bond donors (Lipinski definition) is 2. The quantitative estimate of drug-likeness (QED) is 0.775. The van der Waals surface area contributed by atoms with Crippen LogP contribution in [0.1, 0.15) is 50.0 Å². The summed E-state index contributed by atoms with van der Waals surface area (Å²) in [5, 5.41) is 3.74. The first-order valence-corrected chi connectivity index (χ1v) is 10.3. The van der Waals surface area contributed by atoms with E-state index in [1.807, 2.05) is 0 Å². The molecule has 1 unspecified atom stereocenters. The van der Waals surface area contributed by atoms with E-state index >= 15 is 0 Å². The van der Waals surface area contributed by atoms with Crippen molar-refractivity contribution in [2.75, 3.05) is 6.54 Å². The lowest BCUT2D eigenvalue weighted by molar-refractivity contribution is -0.122. The number of rotatable bonds is 7. The minimum Gasteiger partial charge on any atom is -0.352 e. The minimum absolute atomic E-state index is 0.0104. The first-order valence-electron chi connectivity index (χ1n) is 9.48. The average Bonchev–Trinajstić information content (AvgIpc) is 2.99. The van der Waals surface area contributed by atoms with Crippen LogP contribution in [0, 0.1) is 5.92 Å². The third kappa shape index (κ3) is 4.15. The largest absolute Gasteiger partial charge is 0.352 e. The van der Waals surface area contributed by atoms with Crippen molar-refractivity contribution in [3.63, 3.8) is 0 Å². The molecule has 0 spiro atoms. The van der Waals surface area contributed by atoms with Crippen LogP contribution in [0.3, 0.4) is 0 Å². The molecule has 1 amide bonds. The molecule has 0 aliphatic heterocycles. The molecule has 26 heavy (non-hydrogen) atoms. The van der Waals surface area contributed by atoms with E-state index in [1.54, 1.807) is 22.2 Å². The van der Waals surface area contributed by atoms with Gasteiger partial charge >= 0.3 is 0 Å². The topological polar surface area (TPSA) is 90.0 Å². The lowest BCUT2D eigenvalue weighted by Crippen LogP contribution is -2.41. The molecule has 7 heteroatoms. The number of aromatic nitrogens is 2. The lowest BCUT2D eigenvalue weighted by Gasteiger charge is -2.18. The summed E-state index contributed by atoms with van der Waals surface area (Å²) in [6, 6.07) is -0.0104. The van der Waals surface area contributed by atoms with Gasteiger partial charge in [-0.2, -0.15) is 0 Å². The normalized spacial score (nSPS) is 15.2. The van der Waals surface area contributed by atoms with E-state index in [2.05, 4.69) is 24.1 Å². The molecule has 0 aromatic carbocycles. The third-order valence-electron chi connectivity index (χ3n) is 4.93. The first-order chi connectivity index (χ1) is 12.5. The number of thiophene rings is 1. The van der Waals surface area contributed by atoms with Crippen LogP contribution in [-0.2, 0) is 24.2 Å². The van der Waals surface area contributed by atoms with Crippen molar-refractivity contribution < 1.29 is 4.79 Å². The van der Waals surface area contributed by atoms with E-state index in [0.717, 1.165) is 35.9 Å². The van der Waals surface area contributed by atoms with E-state index in [0.29, 0.717) is 19.0 Å². The molecule has 0 radical (unpaired) electrons. The van der Waals surface area contributed by atoms with Gasteiger partial charge in [-0.15, -0.1) is 11.3 Å². The fourth-order valence-electron chi connectivity index (χ4n) is 3.65. The average molecular weight is 377 g/mol. The van der Waals surface area contributed by atoms with Gasteiger partial charge in [-0.25, -0.2) is 4.98 Å². The van der Waals surface area contributed by atoms with E-state index < -0.39 is 0 Å². The number of carbonyl (C=O) groups is 1. The number of amides is 1. The molecule has 1 aliphatic carbocycles. The van der Waals surface area contributed by atoms with E-state index in [-0.39, 0.29) is 23.9 Å². The number of hydrogen-bond acceptors (Lipinski definition) is 5. The van der Waals surface area contributed by atoms with E-state index in [1.165, 1.54) is 16.9 Å². The van der Waals surface area contributed by atoms with Gasteiger partial charge in [0.1, 0.15) is 4.83 Å². The second-order valence-electron chi connectivity index (χ2n) is 7.51. The Morgan fingerprint density at radius 3 is 2.88 bits per heavy atom. The van der Waals surface area contributed by atoms with Crippen molar-refractivity contribution in [3.05, 3.63) is 27.1 Å². The van der Waals surface area contributed by atoms with Crippen molar-refractivity contribution >= 4 is 27.5 Å².